The summed E-state index contributed by atoms with van der Waals surface area (Å²) < 4.78 is 11.4. The van der Waals surface area contributed by atoms with Gasteiger partial charge in [-0.15, -0.1) is 0 Å². The van der Waals surface area contributed by atoms with Crippen molar-refractivity contribution >= 4 is 32.8 Å². The molecule has 102 valence electrons. The van der Waals surface area contributed by atoms with Gasteiger partial charge >= 0.3 is 0 Å². The molecule has 1 aromatic heterocycles. The van der Waals surface area contributed by atoms with Crippen molar-refractivity contribution in [3.8, 4) is 0 Å². The largest absolute Gasteiger partial charge is 0.450 e. The normalized spacial score (nSPS) is 10.9. The van der Waals surface area contributed by atoms with E-state index in [1.54, 1.807) is 25.1 Å². The molecule has 2 aromatic rings. The highest BCUT2D eigenvalue weighted by Crippen LogP contribution is 2.27. The van der Waals surface area contributed by atoms with Gasteiger partial charge in [0.05, 0.1) is 4.47 Å². The number of para-hydroxylation sites is 1. The number of ether oxygens (including phenoxy) is 1. The van der Waals surface area contributed by atoms with Crippen molar-refractivity contribution < 1.29 is 13.9 Å². The van der Waals surface area contributed by atoms with E-state index in [1.165, 1.54) is 0 Å². The Hall–Kier alpha value is -1.33. The van der Waals surface area contributed by atoms with Crippen LogP contribution in [-0.2, 0) is 4.74 Å². The third-order valence-electron chi connectivity index (χ3n) is 2.90. The van der Waals surface area contributed by atoms with Crippen LogP contribution in [0.3, 0.4) is 0 Å². The summed E-state index contributed by atoms with van der Waals surface area (Å²) in [5.41, 5.74) is 0.705. The number of furan rings is 1. The molecule has 0 aliphatic carbocycles. The molecule has 0 fully saturated rings. The van der Waals surface area contributed by atoms with Crippen LogP contribution in [0.5, 0.6) is 0 Å². The zero-order chi connectivity index (χ0) is 13.8. The molecule has 0 aliphatic rings. The molecule has 0 aliphatic heterocycles. The van der Waals surface area contributed by atoms with Gasteiger partial charge in [0.25, 0.3) is 5.91 Å². The first kappa shape index (κ1) is 14.1. The van der Waals surface area contributed by atoms with Crippen LogP contribution in [0.15, 0.2) is 33.2 Å². The maximum absolute atomic E-state index is 12.2. The van der Waals surface area contributed by atoms with E-state index < -0.39 is 0 Å². The first-order chi connectivity index (χ1) is 9.13. The number of hydrogen-bond acceptors (Lipinski definition) is 3. The lowest BCUT2D eigenvalue weighted by atomic mass is 10.2. The Morgan fingerprint density at radius 3 is 2.95 bits per heavy atom. The van der Waals surface area contributed by atoms with Crippen molar-refractivity contribution in [3.05, 3.63) is 34.5 Å². The van der Waals surface area contributed by atoms with Crippen LogP contribution in [0.4, 0.5) is 0 Å². The monoisotopic (exact) mass is 325 g/mol. The summed E-state index contributed by atoms with van der Waals surface area (Å²) in [7, 11) is 3.42. The van der Waals surface area contributed by atoms with Crippen molar-refractivity contribution in [2.75, 3.05) is 27.3 Å². The van der Waals surface area contributed by atoms with Crippen molar-refractivity contribution in [3.63, 3.8) is 0 Å². The Morgan fingerprint density at radius 2 is 2.26 bits per heavy atom. The van der Waals surface area contributed by atoms with Gasteiger partial charge in [-0.3, -0.25) is 4.79 Å². The number of fused-ring (bicyclic) bond motifs is 1. The van der Waals surface area contributed by atoms with Gasteiger partial charge in [0.2, 0.25) is 0 Å². The summed E-state index contributed by atoms with van der Waals surface area (Å²) in [5.74, 6) is 0.251. The maximum atomic E-state index is 12.2. The number of carbonyl (C=O) groups excluding carboxylic acids is 1. The predicted octanol–water partition coefficient (Wildman–Crippen LogP) is 3.30. The first-order valence-electron chi connectivity index (χ1n) is 6.06. The van der Waals surface area contributed by atoms with Crippen molar-refractivity contribution in [1.82, 2.24) is 4.90 Å². The van der Waals surface area contributed by atoms with Crippen LogP contribution in [-0.4, -0.2) is 38.1 Å². The lowest BCUT2D eigenvalue weighted by Gasteiger charge is -2.14. The zero-order valence-corrected chi connectivity index (χ0v) is 12.6. The number of methoxy groups -OCH3 is 1. The molecular weight excluding hydrogens is 310 g/mol. The number of carbonyl (C=O) groups is 1. The van der Waals surface area contributed by atoms with Crippen LogP contribution >= 0.6 is 15.9 Å². The number of halogens is 1. The molecule has 1 aromatic carbocycles. The van der Waals surface area contributed by atoms with Crippen LogP contribution in [0.2, 0.25) is 0 Å². The van der Waals surface area contributed by atoms with Crippen molar-refractivity contribution in [2.24, 2.45) is 0 Å². The second-order valence-corrected chi connectivity index (χ2v) is 5.20. The fraction of sp³-hybridized carbons (Fsp3) is 0.357. The van der Waals surface area contributed by atoms with E-state index in [9.17, 15) is 4.79 Å². The van der Waals surface area contributed by atoms with Gasteiger partial charge in [-0.1, -0.05) is 12.1 Å². The Labute approximate surface area is 120 Å². The molecule has 5 heteroatoms. The predicted molar refractivity (Wildman–Crippen MR) is 77.4 cm³/mol. The second-order valence-electron chi connectivity index (χ2n) is 4.34. The van der Waals surface area contributed by atoms with Gasteiger partial charge in [0.15, 0.2) is 5.76 Å². The number of nitrogens with zero attached hydrogens (tertiary/aromatic N) is 1. The van der Waals surface area contributed by atoms with Gasteiger partial charge in [-0.2, -0.15) is 0 Å². The Balaban J connectivity index is 2.15. The molecule has 0 bridgehead atoms. The smallest absolute Gasteiger partial charge is 0.289 e. The topological polar surface area (TPSA) is 42.7 Å². The molecular formula is C14H16BrNO3. The highest BCUT2D eigenvalue weighted by molar-refractivity contribution is 9.10. The fourth-order valence-corrected chi connectivity index (χ4v) is 2.33. The van der Waals surface area contributed by atoms with Crippen LogP contribution in [0.1, 0.15) is 17.0 Å². The second kappa shape index (κ2) is 6.21. The van der Waals surface area contributed by atoms with E-state index in [0.29, 0.717) is 24.5 Å². The summed E-state index contributed by atoms with van der Waals surface area (Å²) in [5, 5.41) is 0.919. The van der Waals surface area contributed by atoms with Crippen LogP contribution in [0, 0.1) is 0 Å². The summed E-state index contributed by atoms with van der Waals surface area (Å²) in [6.45, 7) is 1.29. The summed E-state index contributed by atoms with van der Waals surface area (Å²) in [6, 6.07) is 7.50. The van der Waals surface area contributed by atoms with Crippen LogP contribution in [0.25, 0.3) is 11.0 Å². The molecule has 4 nitrogen and oxygen atoms in total. The molecule has 1 heterocycles. The quantitative estimate of drug-likeness (QED) is 0.792. The Morgan fingerprint density at radius 1 is 1.47 bits per heavy atom. The number of rotatable bonds is 5. The molecule has 0 spiro atoms. The Bertz CT molecular complexity index is 579. The number of hydrogen-bond donors (Lipinski definition) is 0. The van der Waals surface area contributed by atoms with Gasteiger partial charge in [-0.05, 0) is 34.5 Å². The SMILES string of the molecule is COCCCN(C)C(=O)c1cc2cccc(Br)c2o1. The fourth-order valence-electron chi connectivity index (χ4n) is 1.87. The highest BCUT2D eigenvalue weighted by atomic mass is 79.9. The van der Waals surface area contributed by atoms with Gasteiger partial charge in [0, 0.05) is 32.7 Å². The lowest BCUT2D eigenvalue weighted by molar-refractivity contribution is 0.0750. The maximum Gasteiger partial charge on any atom is 0.289 e. The third-order valence-corrected chi connectivity index (χ3v) is 3.52. The summed E-state index contributed by atoms with van der Waals surface area (Å²) in [6.07, 6.45) is 0.808. The Kier molecular flexibility index (Phi) is 4.61. The molecule has 0 unspecified atom stereocenters. The molecule has 0 saturated carbocycles. The van der Waals surface area contributed by atoms with E-state index in [2.05, 4.69) is 15.9 Å². The minimum atomic E-state index is -0.112. The van der Waals surface area contributed by atoms with Gasteiger partial charge in [-0.25, -0.2) is 0 Å². The van der Waals surface area contributed by atoms with E-state index >= 15 is 0 Å². The molecule has 0 saturated heterocycles. The van der Waals surface area contributed by atoms with Crippen molar-refractivity contribution in [1.29, 1.82) is 0 Å². The van der Waals surface area contributed by atoms with Gasteiger partial charge in [0.1, 0.15) is 5.58 Å². The first-order valence-corrected chi connectivity index (χ1v) is 6.85. The van der Waals surface area contributed by atoms with Crippen LogP contribution < -0.4 is 0 Å². The lowest BCUT2D eigenvalue weighted by Crippen LogP contribution is -2.27. The highest BCUT2D eigenvalue weighted by Gasteiger charge is 2.17. The van der Waals surface area contributed by atoms with Gasteiger partial charge < -0.3 is 14.1 Å². The third kappa shape index (κ3) is 3.16. The molecule has 0 atom stereocenters. The average Bonchev–Trinajstić information content (AvgIpc) is 2.83. The summed E-state index contributed by atoms with van der Waals surface area (Å²) in [4.78, 5) is 13.8. The molecule has 2 rings (SSSR count). The van der Waals surface area contributed by atoms with E-state index in [1.807, 2.05) is 18.2 Å². The summed E-state index contributed by atoms with van der Waals surface area (Å²) >= 11 is 3.41. The van der Waals surface area contributed by atoms with E-state index in [-0.39, 0.29) is 5.91 Å². The minimum Gasteiger partial charge on any atom is -0.450 e. The molecule has 0 radical (unpaired) electrons. The standard InChI is InChI=1S/C14H16BrNO3/c1-16(7-4-8-18-2)14(17)12-9-10-5-3-6-11(15)13(10)19-12/h3,5-6,9H,4,7-8H2,1-2H3. The molecule has 1 amide bonds. The molecule has 0 N–H and O–H groups in total. The zero-order valence-electron chi connectivity index (χ0n) is 11.0. The van der Waals surface area contributed by atoms with E-state index in [0.717, 1.165) is 16.3 Å². The minimum absolute atomic E-state index is 0.112. The van der Waals surface area contributed by atoms with Crippen molar-refractivity contribution in [2.45, 2.75) is 6.42 Å². The molecule has 19 heavy (non-hydrogen) atoms. The number of benzene rings is 1. The number of amides is 1. The average molecular weight is 326 g/mol. The van der Waals surface area contributed by atoms with E-state index in [4.69, 9.17) is 9.15 Å².